The van der Waals surface area contributed by atoms with Crippen molar-refractivity contribution < 1.29 is 18.3 Å². The second kappa shape index (κ2) is 5.71. The summed E-state index contributed by atoms with van der Waals surface area (Å²) < 4.78 is 25.9. The molecule has 0 saturated heterocycles. The molecule has 0 bridgehead atoms. The maximum Gasteiger partial charge on any atom is 0.322 e. The molecular formula is C13H17NO4S. The Labute approximate surface area is 112 Å². The molecule has 0 aliphatic heterocycles. The van der Waals surface area contributed by atoms with Crippen molar-refractivity contribution in [1.29, 1.82) is 0 Å². The van der Waals surface area contributed by atoms with Crippen molar-refractivity contribution in [3.05, 3.63) is 35.9 Å². The van der Waals surface area contributed by atoms with E-state index in [1.165, 1.54) is 0 Å². The lowest BCUT2D eigenvalue weighted by Gasteiger charge is -2.14. The van der Waals surface area contributed by atoms with E-state index < -0.39 is 22.0 Å². The molecule has 0 aromatic heterocycles. The highest BCUT2D eigenvalue weighted by molar-refractivity contribution is 7.89. The monoisotopic (exact) mass is 283 g/mol. The molecule has 1 saturated carbocycles. The smallest absolute Gasteiger partial charge is 0.322 e. The largest absolute Gasteiger partial charge is 0.480 e. The topological polar surface area (TPSA) is 83.5 Å². The molecule has 0 spiro atoms. The standard InChI is InChI=1S/C13H17NO4S/c15-13(16)12(8-10-4-2-1-3-5-10)14-19(17,18)9-11-6-7-11/h1-5,11-12,14H,6-9H2,(H,15,16)/t12-/m1/s1. The van der Waals surface area contributed by atoms with Crippen LogP contribution < -0.4 is 4.72 Å². The molecule has 2 N–H and O–H groups in total. The first-order valence-corrected chi connectivity index (χ1v) is 7.88. The van der Waals surface area contributed by atoms with Crippen molar-refractivity contribution in [2.75, 3.05) is 5.75 Å². The zero-order valence-corrected chi connectivity index (χ0v) is 11.3. The Bertz CT molecular complexity index is 537. The normalized spacial score (nSPS) is 17.1. The van der Waals surface area contributed by atoms with Crippen molar-refractivity contribution in [3.63, 3.8) is 0 Å². The van der Waals surface area contributed by atoms with Crippen LogP contribution in [0.5, 0.6) is 0 Å². The lowest BCUT2D eigenvalue weighted by atomic mass is 10.1. The van der Waals surface area contributed by atoms with Gasteiger partial charge in [-0.25, -0.2) is 13.1 Å². The van der Waals surface area contributed by atoms with E-state index in [0.717, 1.165) is 18.4 Å². The molecular weight excluding hydrogens is 266 g/mol. The summed E-state index contributed by atoms with van der Waals surface area (Å²) in [5.74, 6) is -0.919. The van der Waals surface area contributed by atoms with Crippen LogP contribution in [0.15, 0.2) is 30.3 Å². The summed E-state index contributed by atoms with van der Waals surface area (Å²) in [4.78, 5) is 11.2. The van der Waals surface area contributed by atoms with Gasteiger partial charge >= 0.3 is 5.97 Å². The van der Waals surface area contributed by atoms with Crippen LogP contribution in [0.3, 0.4) is 0 Å². The minimum Gasteiger partial charge on any atom is -0.480 e. The highest BCUT2D eigenvalue weighted by Crippen LogP contribution is 2.30. The number of carboxylic acid groups (broad SMARTS) is 1. The van der Waals surface area contributed by atoms with Gasteiger partial charge in [-0.1, -0.05) is 30.3 Å². The summed E-state index contributed by atoms with van der Waals surface area (Å²) in [5, 5.41) is 9.12. The maximum absolute atomic E-state index is 11.8. The fourth-order valence-electron chi connectivity index (χ4n) is 1.89. The van der Waals surface area contributed by atoms with Gasteiger partial charge in [-0.3, -0.25) is 4.79 Å². The molecule has 0 heterocycles. The fourth-order valence-corrected chi connectivity index (χ4v) is 3.56. The third-order valence-corrected chi connectivity index (χ3v) is 4.61. The van der Waals surface area contributed by atoms with Gasteiger partial charge in [0, 0.05) is 0 Å². The zero-order valence-electron chi connectivity index (χ0n) is 10.5. The van der Waals surface area contributed by atoms with Crippen LogP contribution >= 0.6 is 0 Å². The Balaban J connectivity index is 2.01. The Morgan fingerprint density at radius 1 is 1.32 bits per heavy atom. The van der Waals surface area contributed by atoms with Crippen LogP contribution in [-0.2, 0) is 21.2 Å². The van der Waals surface area contributed by atoms with Crippen LogP contribution in [-0.4, -0.2) is 31.3 Å². The summed E-state index contributed by atoms with van der Waals surface area (Å²) in [6.45, 7) is 0. The molecule has 1 aromatic rings. The number of benzene rings is 1. The second-order valence-corrected chi connectivity index (χ2v) is 6.72. The van der Waals surface area contributed by atoms with Crippen molar-refractivity contribution in [2.45, 2.75) is 25.3 Å². The van der Waals surface area contributed by atoms with Crippen molar-refractivity contribution >= 4 is 16.0 Å². The summed E-state index contributed by atoms with van der Waals surface area (Å²) in [7, 11) is -3.51. The van der Waals surface area contributed by atoms with Gasteiger partial charge in [-0.2, -0.15) is 0 Å². The second-order valence-electron chi connectivity index (χ2n) is 4.92. The number of rotatable bonds is 7. The van der Waals surface area contributed by atoms with E-state index in [0.29, 0.717) is 0 Å². The quantitative estimate of drug-likeness (QED) is 0.782. The van der Waals surface area contributed by atoms with Crippen LogP contribution in [0.4, 0.5) is 0 Å². The molecule has 0 radical (unpaired) electrons. The Morgan fingerprint density at radius 3 is 2.47 bits per heavy atom. The van der Waals surface area contributed by atoms with Crippen molar-refractivity contribution in [1.82, 2.24) is 4.72 Å². The van der Waals surface area contributed by atoms with Crippen molar-refractivity contribution in [2.24, 2.45) is 5.92 Å². The predicted molar refractivity (Wildman–Crippen MR) is 71.2 cm³/mol. The van der Waals surface area contributed by atoms with Gasteiger partial charge < -0.3 is 5.11 Å². The summed E-state index contributed by atoms with van der Waals surface area (Å²) in [6, 6.07) is 7.89. The van der Waals surface area contributed by atoms with E-state index in [4.69, 9.17) is 5.11 Å². The minimum atomic E-state index is -3.51. The third-order valence-electron chi connectivity index (χ3n) is 3.05. The molecule has 1 atom stereocenters. The molecule has 6 heteroatoms. The van der Waals surface area contributed by atoms with Crippen LogP contribution in [0, 0.1) is 5.92 Å². The summed E-state index contributed by atoms with van der Waals surface area (Å²) >= 11 is 0. The Morgan fingerprint density at radius 2 is 1.95 bits per heavy atom. The average molecular weight is 283 g/mol. The number of hydrogen-bond acceptors (Lipinski definition) is 3. The first-order chi connectivity index (χ1) is 8.96. The molecule has 5 nitrogen and oxygen atoms in total. The Hall–Kier alpha value is -1.40. The third kappa shape index (κ3) is 4.65. The number of carbonyl (C=O) groups is 1. The van der Waals surface area contributed by atoms with Crippen LogP contribution in [0.2, 0.25) is 0 Å². The SMILES string of the molecule is O=C(O)[C@@H](Cc1ccccc1)NS(=O)(=O)CC1CC1. The Kier molecular flexibility index (Phi) is 4.21. The van der Waals surface area contributed by atoms with Crippen LogP contribution in [0.25, 0.3) is 0 Å². The molecule has 0 unspecified atom stereocenters. The number of nitrogens with one attached hydrogen (secondary N) is 1. The first-order valence-electron chi connectivity index (χ1n) is 6.23. The fraction of sp³-hybridized carbons (Fsp3) is 0.462. The van der Waals surface area contributed by atoms with Gasteiger partial charge in [-0.15, -0.1) is 0 Å². The van der Waals surface area contributed by atoms with E-state index in [1.54, 1.807) is 24.3 Å². The van der Waals surface area contributed by atoms with E-state index in [2.05, 4.69) is 4.72 Å². The van der Waals surface area contributed by atoms with Gasteiger partial charge in [0.1, 0.15) is 6.04 Å². The molecule has 1 aliphatic rings. The molecule has 1 aromatic carbocycles. The molecule has 104 valence electrons. The highest BCUT2D eigenvalue weighted by Gasteiger charge is 2.31. The van der Waals surface area contributed by atoms with E-state index in [1.807, 2.05) is 6.07 Å². The van der Waals surface area contributed by atoms with Gasteiger partial charge in [-0.05, 0) is 30.7 Å². The molecule has 1 aliphatic carbocycles. The number of carboxylic acids is 1. The first kappa shape index (κ1) is 14.0. The van der Waals surface area contributed by atoms with Gasteiger partial charge in [0.2, 0.25) is 10.0 Å². The summed E-state index contributed by atoms with van der Waals surface area (Å²) in [6.07, 6.45) is 1.98. The number of aliphatic carboxylic acids is 1. The van der Waals surface area contributed by atoms with Gasteiger partial charge in [0.25, 0.3) is 0 Å². The highest BCUT2D eigenvalue weighted by atomic mass is 32.2. The van der Waals surface area contributed by atoms with Crippen LogP contribution in [0.1, 0.15) is 18.4 Å². The molecule has 1 fully saturated rings. The lowest BCUT2D eigenvalue weighted by Crippen LogP contribution is -2.43. The van der Waals surface area contributed by atoms with Gasteiger partial charge in [0.15, 0.2) is 0 Å². The van der Waals surface area contributed by atoms with E-state index in [9.17, 15) is 13.2 Å². The maximum atomic E-state index is 11.8. The molecule has 19 heavy (non-hydrogen) atoms. The minimum absolute atomic E-state index is 0.0333. The average Bonchev–Trinajstić information content (AvgIpc) is 3.12. The summed E-state index contributed by atoms with van der Waals surface area (Å²) in [5.41, 5.74) is 0.795. The number of hydrogen-bond donors (Lipinski definition) is 2. The molecule has 0 amide bonds. The van der Waals surface area contributed by atoms with Gasteiger partial charge in [0.05, 0.1) is 5.75 Å². The predicted octanol–water partition coefficient (Wildman–Crippen LogP) is 1.01. The van der Waals surface area contributed by atoms with E-state index in [-0.39, 0.29) is 18.1 Å². The molecule has 2 rings (SSSR count). The number of sulfonamides is 1. The lowest BCUT2D eigenvalue weighted by molar-refractivity contribution is -0.138. The van der Waals surface area contributed by atoms with Crippen molar-refractivity contribution in [3.8, 4) is 0 Å². The van der Waals surface area contributed by atoms with E-state index >= 15 is 0 Å². The zero-order chi connectivity index (χ0) is 13.9.